The van der Waals surface area contributed by atoms with Gasteiger partial charge in [0.2, 0.25) is 0 Å². The monoisotopic (exact) mass is 479 g/mol. The fourth-order valence-electron chi connectivity index (χ4n) is 3.90. The summed E-state index contributed by atoms with van der Waals surface area (Å²) in [7, 11) is 0. The molecule has 0 saturated carbocycles. The van der Waals surface area contributed by atoms with Crippen LogP contribution in [-0.2, 0) is 13.1 Å². The van der Waals surface area contributed by atoms with Gasteiger partial charge >= 0.3 is 0 Å². The maximum atomic E-state index is 13.5. The Morgan fingerprint density at radius 2 is 2.06 bits per heavy atom. The Morgan fingerprint density at radius 1 is 1.18 bits per heavy atom. The summed E-state index contributed by atoms with van der Waals surface area (Å²) < 4.78 is 27.9. The van der Waals surface area contributed by atoms with E-state index in [1.807, 2.05) is 12.1 Å². The molecule has 4 heterocycles. The number of halogens is 2. The second kappa shape index (κ2) is 9.14. The van der Waals surface area contributed by atoms with Gasteiger partial charge in [-0.25, -0.2) is 18.7 Å². The predicted molar refractivity (Wildman–Crippen MR) is 124 cm³/mol. The molecule has 1 aliphatic rings. The number of anilines is 1. The molecule has 0 bridgehead atoms. The van der Waals surface area contributed by atoms with E-state index < -0.39 is 23.1 Å². The number of hydrogen-bond donors (Lipinski definition) is 2. The first-order valence-corrected chi connectivity index (χ1v) is 11.4. The SMILES string of the molecule is O=C(NCc1ncc(C2CNc3ncccc32)s1)c1cccn(Cc2ccc(F)c(F)c2)c1=O. The van der Waals surface area contributed by atoms with Gasteiger partial charge in [0.15, 0.2) is 11.6 Å². The van der Waals surface area contributed by atoms with E-state index in [9.17, 15) is 18.4 Å². The molecular formula is C24H19F2N5O2S. The summed E-state index contributed by atoms with van der Waals surface area (Å²) in [6.45, 7) is 0.932. The molecule has 1 atom stereocenters. The van der Waals surface area contributed by atoms with E-state index in [0.717, 1.165) is 39.9 Å². The van der Waals surface area contributed by atoms with Crippen LogP contribution in [0.25, 0.3) is 0 Å². The van der Waals surface area contributed by atoms with E-state index in [-0.39, 0.29) is 24.6 Å². The number of rotatable bonds is 6. The summed E-state index contributed by atoms with van der Waals surface area (Å²) in [5.74, 6) is -1.45. The quantitative estimate of drug-likeness (QED) is 0.442. The Labute approximate surface area is 197 Å². The average molecular weight is 480 g/mol. The van der Waals surface area contributed by atoms with E-state index in [0.29, 0.717) is 5.56 Å². The van der Waals surface area contributed by atoms with Gasteiger partial charge in [-0.1, -0.05) is 12.1 Å². The summed E-state index contributed by atoms with van der Waals surface area (Å²) in [5, 5.41) is 6.75. The van der Waals surface area contributed by atoms with Crippen molar-refractivity contribution in [2.75, 3.05) is 11.9 Å². The zero-order chi connectivity index (χ0) is 23.7. The number of benzene rings is 1. The van der Waals surface area contributed by atoms with E-state index in [1.165, 1.54) is 34.2 Å². The second-order valence-corrected chi connectivity index (χ2v) is 8.96. The van der Waals surface area contributed by atoms with Crippen molar-refractivity contribution in [1.82, 2.24) is 19.9 Å². The fraction of sp³-hybridized carbons (Fsp3) is 0.167. The van der Waals surface area contributed by atoms with Gasteiger partial charge in [0.1, 0.15) is 16.4 Å². The first-order valence-electron chi connectivity index (χ1n) is 10.5. The number of nitrogens with one attached hydrogen (secondary N) is 2. The Hall–Kier alpha value is -3.92. The highest BCUT2D eigenvalue weighted by atomic mass is 32.1. The standard InChI is InChI=1S/C24H19F2N5O2S/c25-18-6-5-14(9-19(18)26)13-31-8-2-4-16(24(31)33)23(32)30-12-21-28-11-20(34-21)17-10-29-22-15(17)3-1-7-27-22/h1-9,11,17H,10,12-13H2,(H,27,29)(H,30,32). The van der Waals surface area contributed by atoms with Crippen LogP contribution in [0.3, 0.4) is 0 Å². The number of hydrogen-bond acceptors (Lipinski definition) is 6. The maximum absolute atomic E-state index is 13.5. The largest absolute Gasteiger partial charge is 0.369 e. The summed E-state index contributed by atoms with van der Waals surface area (Å²) in [4.78, 5) is 35.3. The van der Waals surface area contributed by atoms with Crippen molar-refractivity contribution in [3.63, 3.8) is 0 Å². The lowest BCUT2D eigenvalue weighted by Gasteiger charge is -2.09. The molecule has 34 heavy (non-hydrogen) atoms. The molecule has 7 nitrogen and oxygen atoms in total. The van der Waals surface area contributed by atoms with Gasteiger partial charge < -0.3 is 15.2 Å². The molecule has 0 fully saturated rings. The lowest BCUT2D eigenvalue weighted by atomic mass is 10.0. The van der Waals surface area contributed by atoms with Gasteiger partial charge in [-0.2, -0.15) is 0 Å². The smallest absolute Gasteiger partial charge is 0.263 e. The van der Waals surface area contributed by atoms with Crippen molar-refractivity contribution < 1.29 is 13.6 Å². The Morgan fingerprint density at radius 3 is 2.91 bits per heavy atom. The molecule has 3 aromatic heterocycles. The molecular weight excluding hydrogens is 460 g/mol. The first kappa shape index (κ1) is 21.9. The minimum atomic E-state index is -0.990. The molecule has 1 amide bonds. The van der Waals surface area contributed by atoms with Crippen LogP contribution in [-0.4, -0.2) is 27.0 Å². The number of carbonyl (C=O) groups is 1. The molecule has 1 aliphatic heterocycles. The van der Waals surface area contributed by atoms with Gasteiger partial charge in [0, 0.05) is 41.5 Å². The van der Waals surface area contributed by atoms with Crippen LogP contribution >= 0.6 is 11.3 Å². The molecule has 5 rings (SSSR count). The van der Waals surface area contributed by atoms with Crippen molar-refractivity contribution in [3.05, 3.63) is 110 Å². The van der Waals surface area contributed by atoms with Crippen LogP contribution in [0.5, 0.6) is 0 Å². The Balaban J connectivity index is 1.26. The van der Waals surface area contributed by atoms with Gasteiger partial charge in [-0.15, -0.1) is 11.3 Å². The summed E-state index contributed by atoms with van der Waals surface area (Å²) in [5.41, 5.74) is 0.965. The molecule has 1 unspecified atom stereocenters. The number of fused-ring (bicyclic) bond motifs is 1. The van der Waals surface area contributed by atoms with Crippen LogP contribution in [0.1, 0.15) is 37.3 Å². The van der Waals surface area contributed by atoms with Gasteiger partial charge in [-0.3, -0.25) is 9.59 Å². The Kier molecular flexibility index (Phi) is 5.89. The third-order valence-corrected chi connectivity index (χ3v) is 6.72. The summed E-state index contributed by atoms with van der Waals surface area (Å²) >= 11 is 1.50. The third kappa shape index (κ3) is 4.32. The van der Waals surface area contributed by atoms with Gasteiger partial charge in [0.05, 0.1) is 13.1 Å². The number of nitrogens with zero attached hydrogens (tertiary/aromatic N) is 3. The molecule has 4 aromatic rings. The first-order chi connectivity index (χ1) is 16.5. The normalized spacial score (nSPS) is 14.5. The lowest BCUT2D eigenvalue weighted by Crippen LogP contribution is -2.32. The number of carbonyl (C=O) groups excluding carboxylic acids is 1. The highest BCUT2D eigenvalue weighted by Crippen LogP contribution is 2.36. The summed E-state index contributed by atoms with van der Waals surface area (Å²) in [6.07, 6.45) is 5.05. The number of thiazole rings is 1. The van der Waals surface area contributed by atoms with Crippen LogP contribution in [0.4, 0.5) is 14.6 Å². The minimum Gasteiger partial charge on any atom is -0.369 e. The van der Waals surface area contributed by atoms with E-state index in [1.54, 1.807) is 18.5 Å². The zero-order valence-corrected chi connectivity index (χ0v) is 18.6. The van der Waals surface area contributed by atoms with Crippen LogP contribution < -0.4 is 16.2 Å². The molecule has 172 valence electrons. The van der Waals surface area contributed by atoms with Crippen molar-refractivity contribution in [3.8, 4) is 0 Å². The molecule has 10 heteroatoms. The third-order valence-electron chi connectivity index (χ3n) is 5.60. The van der Waals surface area contributed by atoms with Crippen LogP contribution in [0, 0.1) is 11.6 Å². The molecule has 1 aromatic carbocycles. The highest BCUT2D eigenvalue weighted by molar-refractivity contribution is 7.11. The van der Waals surface area contributed by atoms with Gasteiger partial charge in [-0.05, 0) is 35.9 Å². The van der Waals surface area contributed by atoms with Crippen molar-refractivity contribution in [1.29, 1.82) is 0 Å². The average Bonchev–Trinajstić information content (AvgIpc) is 3.48. The lowest BCUT2D eigenvalue weighted by molar-refractivity contribution is 0.0948. The highest BCUT2D eigenvalue weighted by Gasteiger charge is 2.26. The Bertz CT molecular complexity index is 1430. The minimum absolute atomic E-state index is 0.0126. The number of amides is 1. The predicted octanol–water partition coefficient (Wildman–Crippen LogP) is 3.51. The van der Waals surface area contributed by atoms with Crippen molar-refractivity contribution >= 4 is 23.1 Å². The molecule has 0 radical (unpaired) electrons. The zero-order valence-electron chi connectivity index (χ0n) is 17.8. The molecule has 0 spiro atoms. The summed E-state index contributed by atoms with van der Waals surface area (Å²) in [6, 6.07) is 10.4. The topological polar surface area (TPSA) is 88.9 Å². The van der Waals surface area contributed by atoms with Crippen molar-refractivity contribution in [2.45, 2.75) is 19.0 Å². The molecule has 2 N–H and O–H groups in total. The number of pyridine rings is 2. The van der Waals surface area contributed by atoms with Crippen LogP contribution in [0.15, 0.2) is 65.8 Å². The number of aromatic nitrogens is 3. The van der Waals surface area contributed by atoms with E-state index in [2.05, 4.69) is 20.6 Å². The molecule has 0 saturated heterocycles. The van der Waals surface area contributed by atoms with Crippen molar-refractivity contribution in [2.24, 2.45) is 0 Å². The fourth-order valence-corrected chi connectivity index (χ4v) is 4.88. The van der Waals surface area contributed by atoms with Crippen LogP contribution in [0.2, 0.25) is 0 Å². The maximum Gasteiger partial charge on any atom is 0.263 e. The van der Waals surface area contributed by atoms with E-state index in [4.69, 9.17) is 0 Å². The van der Waals surface area contributed by atoms with Gasteiger partial charge in [0.25, 0.3) is 11.5 Å². The van der Waals surface area contributed by atoms with E-state index >= 15 is 0 Å². The second-order valence-electron chi connectivity index (χ2n) is 7.82. The molecule has 0 aliphatic carbocycles.